The van der Waals surface area contributed by atoms with Gasteiger partial charge in [0.1, 0.15) is 11.9 Å². The van der Waals surface area contributed by atoms with Crippen LogP contribution in [0.4, 0.5) is 10.5 Å². The van der Waals surface area contributed by atoms with E-state index in [1.807, 2.05) is 18.2 Å². The van der Waals surface area contributed by atoms with E-state index in [1.165, 1.54) is 0 Å². The van der Waals surface area contributed by atoms with E-state index in [1.54, 1.807) is 12.0 Å². The number of rotatable bonds is 5. The predicted octanol–water partition coefficient (Wildman–Crippen LogP) is 2.27. The van der Waals surface area contributed by atoms with E-state index in [4.69, 9.17) is 19.5 Å². The van der Waals surface area contributed by atoms with Crippen LogP contribution >= 0.6 is 0 Å². The van der Waals surface area contributed by atoms with Gasteiger partial charge in [-0.3, -0.25) is 4.90 Å². The Morgan fingerprint density at radius 2 is 2.36 bits per heavy atom. The number of ether oxygens (including phenoxy) is 3. The summed E-state index contributed by atoms with van der Waals surface area (Å²) in [7, 11) is 1.57. The Labute approximate surface area is 129 Å². The van der Waals surface area contributed by atoms with Crippen LogP contribution in [0.1, 0.15) is 18.4 Å². The van der Waals surface area contributed by atoms with Crippen LogP contribution in [-0.4, -0.2) is 38.6 Å². The molecule has 1 amide bonds. The average Bonchev–Trinajstić information content (AvgIpc) is 3.09. The molecule has 2 atom stereocenters. The molecule has 1 aromatic carbocycles. The van der Waals surface area contributed by atoms with E-state index < -0.39 is 0 Å². The highest BCUT2D eigenvalue weighted by Crippen LogP contribution is 2.34. The molecule has 0 aromatic heterocycles. The summed E-state index contributed by atoms with van der Waals surface area (Å²) in [6.45, 7) is 1.000. The van der Waals surface area contributed by atoms with E-state index in [0.29, 0.717) is 26.1 Å². The molecule has 1 unspecified atom stereocenters. The summed E-state index contributed by atoms with van der Waals surface area (Å²) in [6.07, 6.45) is 1.03. The van der Waals surface area contributed by atoms with Gasteiger partial charge in [-0.25, -0.2) is 4.79 Å². The van der Waals surface area contributed by atoms with Gasteiger partial charge in [0, 0.05) is 25.6 Å². The Morgan fingerprint density at radius 3 is 3.14 bits per heavy atom. The first-order valence-corrected chi connectivity index (χ1v) is 7.36. The molecule has 0 N–H and O–H groups in total. The zero-order valence-electron chi connectivity index (χ0n) is 12.4. The minimum absolute atomic E-state index is 0.188. The highest BCUT2D eigenvalue weighted by Gasteiger charge is 2.42. The van der Waals surface area contributed by atoms with Gasteiger partial charge in [-0.05, 0) is 30.2 Å². The van der Waals surface area contributed by atoms with Crippen molar-refractivity contribution >= 4 is 11.8 Å². The summed E-state index contributed by atoms with van der Waals surface area (Å²) in [5, 5.41) is 8.85. The van der Waals surface area contributed by atoms with Gasteiger partial charge in [0.15, 0.2) is 0 Å². The van der Waals surface area contributed by atoms with Crippen molar-refractivity contribution in [3.05, 3.63) is 23.8 Å². The van der Waals surface area contributed by atoms with E-state index in [2.05, 4.69) is 6.07 Å². The molecule has 6 nitrogen and oxygen atoms in total. The summed E-state index contributed by atoms with van der Waals surface area (Å²) < 4.78 is 16.1. The number of cyclic esters (lactones) is 1. The molecule has 2 aliphatic heterocycles. The molecule has 0 bridgehead atoms. The highest BCUT2D eigenvalue weighted by atomic mass is 16.6. The maximum absolute atomic E-state index is 12.3. The van der Waals surface area contributed by atoms with Crippen LogP contribution in [0.15, 0.2) is 18.2 Å². The van der Waals surface area contributed by atoms with E-state index in [9.17, 15) is 4.79 Å². The van der Waals surface area contributed by atoms with Crippen LogP contribution in [0.25, 0.3) is 0 Å². The van der Waals surface area contributed by atoms with Crippen molar-refractivity contribution in [3.63, 3.8) is 0 Å². The molecular weight excluding hydrogens is 284 g/mol. The first-order chi connectivity index (χ1) is 10.7. The van der Waals surface area contributed by atoms with Gasteiger partial charge in [0.05, 0.1) is 25.3 Å². The summed E-state index contributed by atoms with van der Waals surface area (Å²) in [5.41, 5.74) is 1.88. The van der Waals surface area contributed by atoms with Gasteiger partial charge >= 0.3 is 6.09 Å². The van der Waals surface area contributed by atoms with Crippen molar-refractivity contribution in [1.82, 2.24) is 0 Å². The van der Waals surface area contributed by atoms with Crippen molar-refractivity contribution in [2.75, 3.05) is 25.2 Å². The van der Waals surface area contributed by atoms with Gasteiger partial charge in [-0.2, -0.15) is 5.26 Å². The normalized spacial score (nSPS) is 22.9. The molecule has 1 saturated heterocycles. The average molecular weight is 302 g/mol. The number of nitriles is 1. The summed E-state index contributed by atoms with van der Waals surface area (Å²) in [5.74, 6) is 0.873. The van der Waals surface area contributed by atoms with Crippen molar-refractivity contribution in [2.45, 2.75) is 31.4 Å². The first-order valence-electron chi connectivity index (χ1n) is 7.36. The number of benzene rings is 1. The Balaban J connectivity index is 1.88. The zero-order valence-corrected chi connectivity index (χ0v) is 12.4. The monoisotopic (exact) mass is 302 g/mol. The van der Waals surface area contributed by atoms with Crippen molar-refractivity contribution < 1.29 is 19.0 Å². The first kappa shape index (κ1) is 14.7. The maximum Gasteiger partial charge on any atom is 0.415 e. The predicted molar refractivity (Wildman–Crippen MR) is 78.9 cm³/mol. The highest BCUT2D eigenvalue weighted by molar-refractivity contribution is 5.91. The lowest BCUT2D eigenvalue weighted by atomic mass is 10.0. The third-order valence-electron chi connectivity index (χ3n) is 4.04. The number of fused-ring (bicyclic) bond motifs is 1. The van der Waals surface area contributed by atoms with Crippen LogP contribution in [0.5, 0.6) is 5.75 Å². The minimum Gasteiger partial charge on any atom is -0.493 e. The molecule has 1 aromatic rings. The molecule has 0 aliphatic carbocycles. The molecule has 6 heteroatoms. The number of carbonyl (C=O) groups is 1. The Hall–Kier alpha value is -2.26. The van der Waals surface area contributed by atoms with Crippen LogP contribution < -0.4 is 9.64 Å². The van der Waals surface area contributed by atoms with Crippen molar-refractivity contribution in [2.24, 2.45) is 0 Å². The van der Waals surface area contributed by atoms with Gasteiger partial charge in [-0.1, -0.05) is 0 Å². The topological polar surface area (TPSA) is 71.8 Å². The molecule has 2 heterocycles. The molecule has 0 radical (unpaired) electrons. The molecule has 116 valence electrons. The molecule has 0 spiro atoms. The molecule has 22 heavy (non-hydrogen) atoms. The quantitative estimate of drug-likeness (QED) is 0.834. The lowest BCUT2D eigenvalue weighted by molar-refractivity contribution is 0.0583. The number of hydrogen-bond acceptors (Lipinski definition) is 5. The number of nitrogens with zero attached hydrogens (tertiary/aromatic N) is 2. The molecule has 2 aliphatic rings. The smallest absolute Gasteiger partial charge is 0.415 e. The van der Waals surface area contributed by atoms with Crippen molar-refractivity contribution in [3.8, 4) is 11.8 Å². The second-order valence-corrected chi connectivity index (χ2v) is 5.40. The third kappa shape index (κ3) is 2.60. The van der Waals surface area contributed by atoms with E-state index in [0.717, 1.165) is 23.4 Å². The number of anilines is 1. The second kappa shape index (κ2) is 6.24. The van der Waals surface area contributed by atoms with Gasteiger partial charge in [0.25, 0.3) is 0 Å². The van der Waals surface area contributed by atoms with Gasteiger partial charge in [-0.15, -0.1) is 0 Å². The standard InChI is InChI=1S/C16H18N2O4/c1-20-10-15-13(3-2-7-17)18(16(19)22-15)12-4-5-14-11(9-12)6-8-21-14/h4-5,9,13,15H,2-3,6,8,10H2,1H3/t13?,15-/m0/s1. The largest absolute Gasteiger partial charge is 0.493 e. The Bertz CT molecular complexity index is 611. The van der Waals surface area contributed by atoms with E-state index in [-0.39, 0.29) is 18.2 Å². The van der Waals surface area contributed by atoms with Gasteiger partial charge < -0.3 is 14.2 Å². The number of amides is 1. The Morgan fingerprint density at radius 1 is 1.50 bits per heavy atom. The lowest BCUT2D eigenvalue weighted by Crippen LogP contribution is -2.38. The fourth-order valence-electron chi connectivity index (χ4n) is 3.02. The van der Waals surface area contributed by atoms with Crippen molar-refractivity contribution in [1.29, 1.82) is 5.26 Å². The molecule has 3 rings (SSSR count). The third-order valence-corrected chi connectivity index (χ3v) is 4.04. The Kier molecular flexibility index (Phi) is 4.16. The van der Waals surface area contributed by atoms with Crippen LogP contribution in [-0.2, 0) is 15.9 Å². The fourth-order valence-corrected chi connectivity index (χ4v) is 3.02. The number of methoxy groups -OCH3 is 1. The van der Waals surface area contributed by atoms with Gasteiger partial charge in [0.2, 0.25) is 0 Å². The SMILES string of the molecule is COC[C@@H]1OC(=O)N(c2ccc3c(c2)CCO3)C1CCC#N. The molecular formula is C16H18N2O4. The summed E-state index contributed by atoms with van der Waals surface area (Å²) in [6, 6.07) is 7.66. The maximum atomic E-state index is 12.3. The lowest BCUT2D eigenvalue weighted by Gasteiger charge is -2.24. The van der Waals surface area contributed by atoms with Crippen LogP contribution in [0, 0.1) is 11.3 Å². The minimum atomic E-state index is -0.385. The number of carbonyl (C=O) groups excluding carboxylic acids is 1. The summed E-state index contributed by atoms with van der Waals surface area (Å²) >= 11 is 0. The number of hydrogen-bond donors (Lipinski definition) is 0. The molecule has 0 saturated carbocycles. The van der Waals surface area contributed by atoms with Crippen LogP contribution in [0.3, 0.4) is 0 Å². The second-order valence-electron chi connectivity index (χ2n) is 5.40. The van der Waals surface area contributed by atoms with E-state index >= 15 is 0 Å². The molecule has 1 fully saturated rings. The zero-order chi connectivity index (χ0) is 15.5. The van der Waals surface area contributed by atoms with Crippen LogP contribution in [0.2, 0.25) is 0 Å². The fraction of sp³-hybridized carbons (Fsp3) is 0.500. The summed E-state index contributed by atoms with van der Waals surface area (Å²) in [4.78, 5) is 13.9.